The molecule has 0 unspecified atom stereocenters. The first-order chi connectivity index (χ1) is 9.68. The summed E-state index contributed by atoms with van der Waals surface area (Å²) in [6, 6.07) is 1.96. The topological polar surface area (TPSA) is 46.3 Å². The Morgan fingerprint density at radius 3 is 2.52 bits per heavy atom. The van der Waals surface area contributed by atoms with Crippen LogP contribution in [0.5, 0.6) is 0 Å². The molecule has 0 atom stereocenters. The van der Waals surface area contributed by atoms with Crippen LogP contribution in [0.4, 0.5) is 17.6 Å². The molecule has 116 valence electrons. The number of hydrogen-bond donors (Lipinski definition) is 1. The van der Waals surface area contributed by atoms with Crippen LogP contribution in [-0.4, -0.2) is 30.4 Å². The number of alkyl halides is 3. The molecule has 1 aromatic rings. The summed E-state index contributed by atoms with van der Waals surface area (Å²) in [6.07, 6.45) is -3.08. The zero-order chi connectivity index (χ0) is 15.8. The molecule has 2 rings (SSSR count). The van der Waals surface area contributed by atoms with E-state index in [0.717, 1.165) is 12.8 Å². The second kappa shape index (κ2) is 5.63. The first-order valence-corrected chi connectivity index (χ1v) is 6.56. The number of rotatable bonds is 3. The van der Waals surface area contributed by atoms with Gasteiger partial charge in [-0.2, -0.15) is 13.2 Å². The van der Waals surface area contributed by atoms with E-state index in [9.17, 15) is 22.4 Å². The number of hydrogen-bond acceptors (Lipinski definition) is 2. The lowest BCUT2D eigenvalue weighted by Gasteiger charge is -2.35. The molecular formula is C14H16F4N2O. The van der Waals surface area contributed by atoms with Gasteiger partial charge in [-0.05, 0) is 37.0 Å². The van der Waals surface area contributed by atoms with Gasteiger partial charge in [0.2, 0.25) is 0 Å². The van der Waals surface area contributed by atoms with Gasteiger partial charge in [-0.1, -0.05) is 0 Å². The lowest BCUT2D eigenvalue weighted by molar-refractivity contribution is -0.137. The van der Waals surface area contributed by atoms with E-state index in [1.807, 2.05) is 0 Å². The molecule has 2 N–H and O–H groups in total. The number of halogens is 4. The standard InChI is InChI=1S/C14H16F4N2O/c1-20(7-8-4-10(19)5-8)13(21)11-6-9(14(16,17)18)2-3-12(11)15/h2-3,6,8,10H,4-5,7,19H2,1H3. The Morgan fingerprint density at radius 1 is 1.38 bits per heavy atom. The van der Waals surface area contributed by atoms with E-state index in [4.69, 9.17) is 5.73 Å². The Morgan fingerprint density at radius 2 is 2.00 bits per heavy atom. The molecule has 0 saturated heterocycles. The largest absolute Gasteiger partial charge is 0.416 e. The minimum absolute atomic E-state index is 0.115. The van der Waals surface area contributed by atoms with E-state index in [-0.39, 0.29) is 12.0 Å². The molecule has 21 heavy (non-hydrogen) atoms. The van der Waals surface area contributed by atoms with Gasteiger partial charge in [-0.3, -0.25) is 4.79 Å². The van der Waals surface area contributed by atoms with Crippen LogP contribution in [-0.2, 0) is 6.18 Å². The lowest BCUT2D eigenvalue weighted by Crippen LogP contribution is -2.43. The smallest absolute Gasteiger partial charge is 0.341 e. The summed E-state index contributed by atoms with van der Waals surface area (Å²) in [6.45, 7) is 0.363. The molecule has 0 aliphatic heterocycles. The number of carbonyl (C=O) groups is 1. The third-order valence-electron chi connectivity index (χ3n) is 3.68. The van der Waals surface area contributed by atoms with Gasteiger partial charge in [0, 0.05) is 19.6 Å². The molecule has 1 fully saturated rings. The van der Waals surface area contributed by atoms with Crippen molar-refractivity contribution in [2.45, 2.75) is 25.1 Å². The van der Waals surface area contributed by atoms with Crippen molar-refractivity contribution in [2.24, 2.45) is 11.7 Å². The fourth-order valence-corrected chi connectivity index (χ4v) is 2.48. The predicted molar refractivity (Wildman–Crippen MR) is 69.1 cm³/mol. The van der Waals surface area contributed by atoms with Gasteiger partial charge in [0.05, 0.1) is 11.1 Å². The molecule has 1 aliphatic carbocycles. The minimum Gasteiger partial charge on any atom is -0.341 e. The number of nitrogens with two attached hydrogens (primary N) is 1. The highest BCUT2D eigenvalue weighted by Gasteiger charge is 2.33. The van der Waals surface area contributed by atoms with Gasteiger partial charge in [0.15, 0.2) is 0 Å². The molecule has 1 saturated carbocycles. The SMILES string of the molecule is CN(CC1CC(N)C1)C(=O)c1cc(C(F)(F)F)ccc1F. The van der Waals surface area contributed by atoms with E-state index in [2.05, 4.69) is 0 Å². The number of benzene rings is 1. The molecular weight excluding hydrogens is 288 g/mol. The van der Waals surface area contributed by atoms with Crippen molar-refractivity contribution in [3.8, 4) is 0 Å². The molecule has 0 heterocycles. The highest BCUT2D eigenvalue weighted by atomic mass is 19.4. The highest BCUT2D eigenvalue weighted by Crippen LogP contribution is 2.31. The predicted octanol–water partition coefficient (Wildman–Crippen LogP) is 2.65. The number of amides is 1. The average Bonchev–Trinajstić information content (AvgIpc) is 2.35. The van der Waals surface area contributed by atoms with Crippen molar-refractivity contribution < 1.29 is 22.4 Å². The zero-order valence-corrected chi connectivity index (χ0v) is 11.5. The summed E-state index contributed by atoms with van der Waals surface area (Å²) in [5.74, 6) is -1.48. The summed E-state index contributed by atoms with van der Waals surface area (Å²) in [4.78, 5) is 13.3. The summed E-state index contributed by atoms with van der Waals surface area (Å²) in [5, 5.41) is 0. The average molecular weight is 304 g/mol. The first kappa shape index (κ1) is 15.8. The third kappa shape index (κ3) is 3.53. The second-order valence-electron chi connectivity index (χ2n) is 5.48. The van der Waals surface area contributed by atoms with Crippen molar-refractivity contribution in [3.05, 3.63) is 35.1 Å². The van der Waals surface area contributed by atoms with Crippen molar-refractivity contribution in [2.75, 3.05) is 13.6 Å². The number of nitrogens with zero attached hydrogens (tertiary/aromatic N) is 1. The van der Waals surface area contributed by atoms with Gasteiger partial charge in [0.25, 0.3) is 5.91 Å². The van der Waals surface area contributed by atoms with E-state index in [1.54, 1.807) is 0 Å². The summed E-state index contributed by atoms with van der Waals surface area (Å²) in [5.41, 5.74) is 4.04. The first-order valence-electron chi connectivity index (χ1n) is 6.56. The highest BCUT2D eigenvalue weighted by molar-refractivity contribution is 5.94. The maximum atomic E-state index is 13.6. The molecule has 1 aromatic carbocycles. The second-order valence-corrected chi connectivity index (χ2v) is 5.48. The molecule has 0 radical (unpaired) electrons. The Labute approximate surface area is 119 Å². The van der Waals surface area contributed by atoms with Crippen molar-refractivity contribution >= 4 is 5.91 Å². The monoisotopic (exact) mass is 304 g/mol. The maximum Gasteiger partial charge on any atom is 0.416 e. The van der Waals surface area contributed by atoms with E-state index >= 15 is 0 Å². The van der Waals surface area contributed by atoms with Crippen LogP contribution in [0, 0.1) is 11.7 Å². The van der Waals surface area contributed by atoms with Crippen LogP contribution < -0.4 is 5.73 Å². The molecule has 0 aromatic heterocycles. The molecule has 7 heteroatoms. The van der Waals surface area contributed by atoms with Crippen LogP contribution in [0.1, 0.15) is 28.8 Å². The summed E-state index contributed by atoms with van der Waals surface area (Å²) in [7, 11) is 1.45. The van der Waals surface area contributed by atoms with E-state index < -0.39 is 29.0 Å². The molecule has 1 aliphatic rings. The molecule has 1 amide bonds. The van der Waals surface area contributed by atoms with Gasteiger partial charge in [-0.15, -0.1) is 0 Å². The zero-order valence-electron chi connectivity index (χ0n) is 11.5. The van der Waals surface area contributed by atoms with Crippen LogP contribution >= 0.6 is 0 Å². The molecule has 3 nitrogen and oxygen atoms in total. The summed E-state index contributed by atoms with van der Waals surface area (Å²) < 4.78 is 51.5. The van der Waals surface area contributed by atoms with Crippen LogP contribution in [0.2, 0.25) is 0 Å². The van der Waals surface area contributed by atoms with Crippen molar-refractivity contribution in [3.63, 3.8) is 0 Å². The van der Waals surface area contributed by atoms with Crippen LogP contribution in [0.15, 0.2) is 18.2 Å². The fraction of sp³-hybridized carbons (Fsp3) is 0.500. The van der Waals surface area contributed by atoms with Gasteiger partial charge in [-0.25, -0.2) is 4.39 Å². The third-order valence-corrected chi connectivity index (χ3v) is 3.68. The van der Waals surface area contributed by atoms with Gasteiger partial charge in [0.1, 0.15) is 5.82 Å². The molecule has 0 bridgehead atoms. The van der Waals surface area contributed by atoms with E-state index in [0.29, 0.717) is 24.7 Å². The summed E-state index contributed by atoms with van der Waals surface area (Å²) >= 11 is 0. The normalized spacial score (nSPS) is 21.8. The van der Waals surface area contributed by atoms with Crippen LogP contribution in [0.25, 0.3) is 0 Å². The Balaban J connectivity index is 2.14. The quantitative estimate of drug-likeness (QED) is 0.873. The Kier molecular flexibility index (Phi) is 4.22. The van der Waals surface area contributed by atoms with Gasteiger partial charge >= 0.3 is 6.18 Å². The van der Waals surface area contributed by atoms with E-state index in [1.165, 1.54) is 11.9 Å². The minimum atomic E-state index is -4.61. The molecule has 0 spiro atoms. The van der Waals surface area contributed by atoms with Crippen molar-refractivity contribution in [1.29, 1.82) is 0 Å². The Hall–Kier alpha value is -1.63. The Bertz CT molecular complexity index is 538. The fourth-order valence-electron chi connectivity index (χ4n) is 2.48. The lowest BCUT2D eigenvalue weighted by atomic mass is 9.80. The van der Waals surface area contributed by atoms with Crippen molar-refractivity contribution in [1.82, 2.24) is 4.90 Å². The van der Waals surface area contributed by atoms with Crippen LogP contribution in [0.3, 0.4) is 0 Å². The maximum absolute atomic E-state index is 13.6. The number of carbonyl (C=O) groups excluding carboxylic acids is 1. The van der Waals surface area contributed by atoms with Gasteiger partial charge < -0.3 is 10.6 Å².